The average molecular weight is 396 g/mol. The Labute approximate surface area is 167 Å². The summed E-state index contributed by atoms with van der Waals surface area (Å²) in [7, 11) is 1.64. The first-order chi connectivity index (χ1) is 13.5. The minimum atomic E-state index is -0.440. The van der Waals surface area contributed by atoms with Gasteiger partial charge in [0, 0.05) is 23.6 Å². The lowest BCUT2D eigenvalue weighted by Crippen LogP contribution is -2.30. The van der Waals surface area contributed by atoms with Crippen molar-refractivity contribution in [3.63, 3.8) is 0 Å². The monoisotopic (exact) mass is 396 g/mol. The molecular weight excluding hydrogens is 376 g/mol. The van der Waals surface area contributed by atoms with Crippen molar-refractivity contribution in [1.82, 2.24) is 5.32 Å². The van der Waals surface area contributed by atoms with Crippen molar-refractivity contribution >= 4 is 34.1 Å². The third kappa shape index (κ3) is 4.80. The number of hydrogen-bond acceptors (Lipinski definition) is 5. The Balaban J connectivity index is 1.58. The highest BCUT2D eigenvalue weighted by Crippen LogP contribution is 2.26. The van der Waals surface area contributed by atoms with Crippen molar-refractivity contribution in [3.8, 4) is 5.75 Å². The molecule has 144 valence electrons. The Morgan fingerprint density at radius 1 is 1.11 bits per heavy atom. The molecule has 3 rings (SSSR count). The van der Waals surface area contributed by atoms with Gasteiger partial charge >= 0.3 is 0 Å². The molecule has 28 heavy (non-hydrogen) atoms. The Morgan fingerprint density at radius 3 is 2.46 bits per heavy atom. The molecule has 3 aromatic carbocycles. The van der Waals surface area contributed by atoms with Crippen molar-refractivity contribution in [3.05, 3.63) is 76.3 Å². The Hall–Kier alpha value is -3.06. The van der Waals surface area contributed by atoms with E-state index in [-0.39, 0.29) is 16.8 Å². The van der Waals surface area contributed by atoms with Crippen LogP contribution in [-0.2, 0) is 11.3 Å². The average Bonchev–Trinajstić information content (AvgIpc) is 2.71. The number of thioether (sulfide) groups is 1. The quantitative estimate of drug-likeness (QED) is 0.360. The van der Waals surface area contributed by atoms with Crippen molar-refractivity contribution < 1.29 is 14.5 Å². The van der Waals surface area contributed by atoms with E-state index < -0.39 is 4.92 Å². The number of nitro groups is 1. The number of fused-ring (bicyclic) bond motifs is 1. The summed E-state index contributed by atoms with van der Waals surface area (Å²) in [5.74, 6) is 0.726. The van der Waals surface area contributed by atoms with E-state index in [1.807, 2.05) is 43.3 Å². The molecule has 0 saturated heterocycles. The number of amides is 1. The number of hydrogen-bond donors (Lipinski definition) is 1. The third-order valence-corrected chi connectivity index (χ3v) is 5.42. The minimum absolute atomic E-state index is 0.0374. The Morgan fingerprint density at radius 2 is 1.79 bits per heavy atom. The highest BCUT2D eigenvalue weighted by atomic mass is 32.2. The zero-order valence-electron chi connectivity index (χ0n) is 15.5. The van der Waals surface area contributed by atoms with Crippen LogP contribution in [0.5, 0.6) is 5.75 Å². The van der Waals surface area contributed by atoms with Crippen LogP contribution in [0.15, 0.2) is 65.6 Å². The zero-order chi connectivity index (χ0) is 20.1. The van der Waals surface area contributed by atoms with Crippen LogP contribution in [0, 0.1) is 10.1 Å². The summed E-state index contributed by atoms with van der Waals surface area (Å²) in [5.41, 5.74) is 1.05. The second-order valence-corrected chi connectivity index (χ2v) is 7.69. The van der Waals surface area contributed by atoms with E-state index in [0.717, 1.165) is 27.0 Å². The second-order valence-electron chi connectivity index (χ2n) is 6.28. The van der Waals surface area contributed by atoms with Crippen LogP contribution in [0.1, 0.15) is 12.5 Å². The van der Waals surface area contributed by atoms with Crippen LogP contribution in [0.4, 0.5) is 5.69 Å². The molecule has 0 saturated carbocycles. The van der Waals surface area contributed by atoms with Crippen LogP contribution in [0.25, 0.3) is 10.8 Å². The summed E-state index contributed by atoms with van der Waals surface area (Å²) < 4.78 is 5.23. The van der Waals surface area contributed by atoms with Gasteiger partial charge in [0.15, 0.2) is 0 Å². The number of nitro benzene ring substituents is 1. The molecule has 0 radical (unpaired) electrons. The van der Waals surface area contributed by atoms with Crippen LogP contribution < -0.4 is 10.1 Å². The summed E-state index contributed by atoms with van der Waals surface area (Å²) in [6.45, 7) is 2.25. The van der Waals surface area contributed by atoms with Crippen LogP contribution >= 0.6 is 11.8 Å². The highest BCUT2D eigenvalue weighted by Gasteiger charge is 2.15. The molecule has 0 aliphatic heterocycles. The van der Waals surface area contributed by atoms with Crippen molar-refractivity contribution in [2.45, 2.75) is 23.6 Å². The predicted octanol–water partition coefficient (Wildman–Crippen LogP) is 4.55. The number of ether oxygens (including phenoxy) is 1. The molecule has 0 fully saturated rings. The Kier molecular flexibility index (Phi) is 6.16. The lowest BCUT2D eigenvalue weighted by molar-refractivity contribution is -0.384. The van der Waals surface area contributed by atoms with Crippen molar-refractivity contribution in [2.75, 3.05) is 7.11 Å². The van der Waals surface area contributed by atoms with Gasteiger partial charge in [0.25, 0.3) is 5.69 Å². The molecule has 6 nitrogen and oxygen atoms in total. The van der Waals surface area contributed by atoms with E-state index in [2.05, 4.69) is 5.32 Å². The number of non-ortho nitro benzene ring substituents is 1. The van der Waals surface area contributed by atoms with Crippen molar-refractivity contribution in [2.24, 2.45) is 0 Å². The van der Waals surface area contributed by atoms with E-state index in [4.69, 9.17) is 4.74 Å². The second kappa shape index (κ2) is 8.75. The van der Waals surface area contributed by atoms with Gasteiger partial charge < -0.3 is 10.1 Å². The lowest BCUT2D eigenvalue weighted by atomic mass is 10.1. The first kappa shape index (κ1) is 19.7. The zero-order valence-corrected chi connectivity index (χ0v) is 16.4. The van der Waals surface area contributed by atoms with Crippen LogP contribution in [0.2, 0.25) is 0 Å². The van der Waals surface area contributed by atoms with Crippen molar-refractivity contribution in [1.29, 1.82) is 0 Å². The van der Waals surface area contributed by atoms with Crippen LogP contribution in [-0.4, -0.2) is 23.2 Å². The lowest BCUT2D eigenvalue weighted by Gasteiger charge is -2.12. The third-order valence-electron chi connectivity index (χ3n) is 4.31. The summed E-state index contributed by atoms with van der Waals surface area (Å²) in [6, 6.07) is 18.1. The normalized spacial score (nSPS) is 11.8. The smallest absolute Gasteiger partial charge is 0.269 e. The van der Waals surface area contributed by atoms with Gasteiger partial charge in [-0.05, 0) is 53.6 Å². The van der Waals surface area contributed by atoms with Gasteiger partial charge in [-0.2, -0.15) is 0 Å². The molecule has 1 amide bonds. The molecule has 7 heteroatoms. The predicted molar refractivity (Wildman–Crippen MR) is 111 cm³/mol. The highest BCUT2D eigenvalue weighted by molar-refractivity contribution is 8.00. The fourth-order valence-corrected chi connectivity index (χ4v) is 3.64. The molecule has 0 bridgehead atoms. The van der Waals surface area contributed by atoms with Gasteiger partial charge in [0.05, 0.1) is 17.3 Å². The van der Waals surface area contributed by atoms with E-state index in [0.29, 0.717) is 6.54 Å². The number of nitrogens with one attached hydrogen (secondary N) is 1. The van der Waals surface area contributed by atoms with E-state index in [1.54, 1.807) is 19.2 Å². The molecule has 0 spiro atoms. The summed E-state index contributed by atoms with van der Waals surface area (Å²) >= 11 is 1.37. The first-order valence-electron chi connectivity index (χ1n) is 8.72. The fourth-order valence-electron chi connectivity index (χ4n) is 2.75. The van der Waals surface area contributed by atoms with Gasteiger partial charge in [-0.3, -0.25) is 14.9 Å². The SMILES string of the molecule is COc1ccc2cc(CNC(=O)C(C)Sc3ccc([N+](=O)[O-])cc3)ccc2c1. The molecule has 1 N–H and O–H groups in total. The summed E-state index contributed by atoms with van der Waals surface area (Å²) in [6.07, 6.45) is 0. The number of carbonyl (C=O) groups excluding carboxylic acids is 1. The number of methoxy groups -OCH3 is 1. The number of nitrogens with zero attached hydrogens (tertiary/aromatic N) is 1. The first-order valence-corrected chi connectivity index (χ1v) is 9.60. The maximum atomic E-state index is 12.4. The maximum Gasteiger partial charge on any atom is 0.269 e. The van der Waals surface area contributed by atoms with Gasteiger partial charge in [0.1, 0.15) is 5.75 Å². The van der Waals surface area contributed by atoms with E-state index in [1.165, 1.54) is 23.9 Å². The topological polar surface area (TPSA) is 81.5 Å². The largest absolute Gasteiger partial charge is 0.497 e. The van der Waals surface area contributed by atoms with E-state index >= 15 is 0 Å². The standard InChI is InChI=1S/C21H20N2O4S/c1-14(28-20-9-6-18(7-10-20)23(25)26)21(24)22-13-15-3-4-17-12-19(27-2)8-5-16(17)11-15/h3-12,14H,13H2,1-2H3,(H,22,24). The van der Waals surface area contributed by atoms with Gasteiger partial charge in [0.2, 0.25) is 5.91 Å². The minimum Gasteiger partial charge on any atom is -0.497 e. The van der Waals surface area contributed by atoms with Gasteiger partial charge in [-0.1, -0.05) is 18.2 Å². The number of rotatable bonds is 7. The van der Waals surface area contributed by atoms with E-state index in [9.17, 15) is 14.9 Å². The van der Waals surface area contributed by atoms with Crippen LogP contribution in [0.3, 0.4) is 0 Å². The van der Waals surface area contributed by atoms with Gasteiger partial charge in [-0.25, -0.2) is 0 Å². The molecule has 1 atom stereocenters. The molecular formula is C21H20N2O4S. The molecule has 1 unspecified atom stereocenters. The summed E-state index contributed by atoms with van der Waals surface area (Å²) in [4.78, 5) is 23.5. The summed E-state index contributed by atoms with van der Waals surface area (Å²) in [5, 5.41) is 15.5. The molecule has 0 aromatic heterocycles. The molecule has 3 aromatic rings. The Bertz CT molecular complexity index is 1000. The number of carbonyl (C=O) groups is 1. The molecule has 0 heterocycles. The molecule has 0 aliphatic carbocycles. The number of benzene rings is 3. The fraction of sp³-hybridized carbons (Fsp3) is 0.190. The maximum absolute atomic E-state index is 12.4. The molecule has 0 aliphatic rings. The van der Waals surface area contributed by atoms with Gasteiger partial charge in [-0.15, -0.1) is 11.8 Å².